The second-order valence-electron chi connectivity index (χ2n) is 4.38. The van der Waals surface area contributed by atoms with Gasteiger partial charge < -0.3 is 10.5 Å². The maximum Gasteiger partial charge on any atom is 0.325 e. The molecule has 0 aliphatic carbocycles. The maximum absolute atomic E-state index is 11.4. The molecule has 0 aliphatic heterocycles. The molecule has 1 unspecified atom stereocenters. The average Bonchev–Trinajstić information content (AvgIpc) is 2.38. The monoisotopic (exact) mass is 268 g/mol. The first kappa shape index (κ1) is 15.0. The second-order valence-corrected chi connectivity index (χ2v) is 5.50. The van der Waals surface area contributed by atoms with Crippen molar-refractivity contribution in [2.75, 3.05) is 12.9 Å². The van der Waals surface area contributed by atoms with Gasteiger partial charge in [-0.3, -0.25) is 4.79 Å². The van der Waals surface area contributed by atoms with Gasteiger partial charge >= 0.3 is 5.97 Å². The molecule has 100 valence electrons. The van der Waals surface area contributed by atoms with Crippen LogP contribution in [-0.2, 0) is 9.53 Å². The molecular formula is C13H20N2O2S. The minimum atomic E-state index is -0.871. The molecule has 1 rings (SSSR count). The Morgan fingerprint density at radius 2 is 2.28 bits per heavy atom. The van der Waals surface area contributed by atoms with Gasteiger partial charge in [0.1, 0.15) is 5.54 Å². The van der Waals surface area contributed by atoms with Crippen LogP contribution in [0.1, 0.15) is 26.2 Å². The zero-order chi connectivity index (χ0) is 13.4. The molecule has 0 aromatic carbocycles. The summed E-state index contributed by atoms with van der Waals surface area (Å²) in [6.45, 7) is 1.71. The van der Waals surface area contributed by atoms with Gasteiger partial charge in [-0.2, -0.15) is 0 Å². The van der Waals surface area contributed by atoms with Gasteiger partial charge in [0.2, 0.25) is 0 Å². The summed E-state index contributed by atoms with van der Waals surface area (Å²) in [5.41, 5.74) is 5.00. The maximum atomic E-state index is 11.4. The van der Waals surface area contributed by atoms with E-state index in [0.29, 0.717) is 6.42 Å². The van der Waals surface area contributed by atoms with E-state index in [1.165, 1.54) is 7.11 Å². The number of hydrogen-bond acceptors (Lipinski definition) is 5. The number of pyridine rings is 1. The lowest BCUT2D eigenvalue weighted by atomic mass is 9.97. The predicted molar refractivity (Wildman–Crippen MR) is 73.4 cm³/mol. The summed E-state index contributed by atoms with van der Waals surface area (Å²) >= 11 is 1.72. The number of unbranched alkanes of at least 4 members (excludes halogenated alkanes) is 1. The van der Waals surface area contributed by atoms with Gasteiger partial charge in [-0.1, -0.05) is 12.5 Å². The van der Waals surface area contributed by atoms with E-state index in [1.807, 2.05) is 18.2 Å². The van der Waals surface area contributed by atoms with E-state index < -0.39 is 5.54 Å². The molecule has 0 amide bonds. The first-order valence-corrected chi connectivity index (χ1v) is 6.96. The molecule has 18 heavy (non-hydrogen) atoms. The zero-order valence-electron chi connectivity index (χ0n) is 10.9. The Labute approximate surface area is 112 Å². The first-order valence-electron chi connectivity index (χ1n) is 5.97. The molecule has 0 saturated heterocycles. The molecule has 0 spiro atoms. The molecule has 0 aliphatic rings. The van der Waals surface area contributed by atoms with E-state index >= 15 is 0 Å². The molecule has 2 N–H and O–H groups in total. The fourth-order valence-corrected chi connectivity index (χ4v) is 2.41. The lowest BCUT2D eigenvalue weighted by molar-refractivity contribution is -0.146. The predicted octanol–water partition coefficient (Wildman–Crippen LogP) is 2.23. The van der Waals surface area contributed by atoms with Crippen molar-refractivity contribution >= 4 is 17.7 Å². The highest BCUT2D eigenvalue weighted by Gasteiger charge is 2.28. The molecule has 0 saturated carbocycles. The van der Waals surface area contributed by atoms with Crippen LogP contribution in [0.5, 0.6) is 0 Å². The van der Waals surface area contributed by atoms with Gasteiger partial charge in [0, 0.05) is 6.20 Å². The number of thioether (sulfide) groups is 1. The average molecular weight is 268 g/mol. The normalized spacial score (nSPS) is 13.9. The molecule has 4 nitrogen and oxygen atoms in total. The number of nitrogens with two attached hydrogens (primary N) is 1. The number of ether oxygens (including phenoxy) is 1. The molecule has 1 aromatic rings. The van der Waals surface area contributed by atoms with Crippen molar-refractivity contribution in [2.45, 2.75) is 36.8 Å². The van der Waals surface area contributed by atoms with Crippen molar-refractivity contribution in [2.24, 2.45) is 5.73 Å². The fourth-order valence-electron chi connectivity index (χ4n) is 1.54. The third kappa shape index (κ3) is 5.06. The Balaban J connectivity index is 2.17. The van der Waals surface area contributed by atoms with Gasteiger partial charge in [0.25, 0.3) is 0 Å². The Kier molecular flexibility index (Phi) is 6.15. The largest absolute Gasteiger partial charge is 0.468 e. The quantitative estimate of drug-likeness (QED) is 0.467. The summed E-state index contributed by atoms with van der Waals surface area (Å²) < 4.78 is 4.66. The van der Waals surface area contributed by atoms with Crippen LogP contribution < -0.4 is 5.73 Å². The molecule has 1 aromatic heterocycles. The van der Waals surface area contributed by atoms with Crippen molar-refractivity contribution in [1.82, 2.24) is 4.98 Å². The van der Waals surface area contributed by atoms with Crippen molar-refractivity contribution in [1.29, 1.82) is 0 Å². The van der Waals surface area contributed by atoms with Crippen LogP contribution >= 0.6 is 11.8 Å². The van der Waals surface area contributed by atoms with Gasteiger partial charge in [-0.25, -0.2) is 4.98 Å². The van der Waals surface area contributed by atoms with E-state index in [-0.39, 0.29) is 5.97 Å². The molecule has 5 heteroatoms. The van der Waals surface area contributed by atoms with Crippen molar-refractivity contribution in [3.05, 3.63) is 24.4 Å². The number of nitrogens with zero attached hydrogens (tertiary/aromatic N) is 1. The van der Waals surface area contributed by atoms with Crippen LogP contribution in [-0.4, -0.2) is 29.4 Å². The van der Waals surface area contributed by atoms with Crippen LogP contribution in [0.2, 0.25) is 0 Å². The number of carbonyl (C=O) groups excluding carboxylic acids is 1. The van der Waals surface area contributed by atoms with Gasteiger partial charge in [0.15, 0.2) is 0 Å². The Morgan fingerprint density at radius 3 is 2.89 bits per heavy atom. The van der Waals surface area contributed by atoms with E-state index in [1.54, 1.807) is 24.9 Å². The summed E-state index contributed by atoms with van der Waals surface area (Å²) in [6, 6.07) is 5.87. The minimum Gasteiger partial charge on any atom is -0.468 e. The summed E-state index contributed by atoms with van der Waals surface area (Å²) in [7, 11) is 1.37. The highest BCUT2D eigenvalue weighted by molar-refractivity contribution is 7.99. The Bertz CT molecular complexity index is 369. The second kappa shape index (κ2) is 7.38. The van der Waals surface area contributed by atoms with Crippen LogP contribution in [0, 0.1) is 0 Å². The van der Waals surface area contributed by atoms with Crippen LogP contribution in [0.3, 0.4) is 0 Å². The van der Waals surface area contributed by atoms with Gasteiger partial charge in [0.05, 0.1) is 12.1 Å². The number of methoxy groups -OCH3 is 1. The Morgan fingerprint density at radius 1 is 1.50 bits per heavy atom. The topological polar surface area (TPSA) is 65.2 Å². The third-order valence-electron chi connectivity index (χ3n) is 2.63. The molecule has 1 heterocycles. The summed E-state index contributed by atoms with van der Waals surface area (Å²) in [5, 5.41) is 1.03. The standard InChI is InChI=1S/C13H20N2O2S/c1-13(14,12(16)17-2)8-4-6-10-18-11-7-3-5-9-15-11/h3,5,7,9H,4,6,8,10,14H2,1-2H3. The third-order valence-corrected chi connectivity index (χ3v) is 3.66. The highest BCUT2D eigenvalue weighted by atomic mass is 32.2. The number of carbonyl (C=O) groups is 1. The van der Waals surface area contributed by atoms with Crippen molar-refractivity contribution in [3.8, 4) is 0 Å². The summed E-state index contributed by atoms with van der Waals surface area (Å²) in [4.78, 5) is 15.6. The lowest BCUT2D eigenvalue weighted by Gasteiger charge is -2.20. The summed E-state index contributed by atoms with van der Waals surface area (Å²) in [6.07, 6.45) is 4.34. The lowest BCUT2D eigenvalue weighted by Crippen LogP contribution is -2.45. The van der Waals surface area contributed by atoms with E-state index in [0.717, 1.165) is 23.6 Å². The number of hydrogen-bond donors (Lipinski definition) is 1. The van der Waals surface area contributed by atoms with E-state index in [2.05, 4.69) is 9.72 Å². The SMILES string of the molecule is COC(=O)C(C)(N)CCCCSc1ccccn1. The first-order chi connectivity index (χ1) is 8.56. The van der Waals surface area contributed by atoms with E-state index in [4.69, 9.17) is 5.73 Å². The molecule has 0 bridgehead atoms. The number of esters is 1. The zero-order valence-corrected chi connectivity index (χ0v) is 11.7. The molecule has 1 atom stereocenters. The molecule has 0 fully saturated rings. The summed E-state index contributed by atoms with van der Waals surface area (Å²) in [5.74, 6) is 0.633. The fraction of sp³-hybridized carbons (Fsp3) is 0.538. The Hall–Kier alpha value is -1.07. The molecular weight excluding hydrogens is 248 g/mol. The van der Waals surface area contributed by atoms with Crippen LogP contribution in [0.15, 0.2) is 29.4 Å². The minimum absolute atomic E-state index is 0.347. The van der Waals surface area contributed by atoms with Crippen molar-refractivity contribution < 1.29 is 9.53 Å². The van der Waals surface area contributed by atoms with Crippen LogP contribution in [0.4, 0.5) is 0 Å². The van der Waals surface area contributed by atoms with E-state index in [9.17, 15) is 4.79 Å². The number of rotatable bonds is 7. The van der Waals surface area contributed by atoms with Crippen molar-refractivity contribution in [3.63, 3.8) is 0 Å². The smallest absolute Gasteiger partial charge is 0.325 e. The van der Waals surface area contributed by atoms with Crippen LogP contribution in [0.25, 0.3) is 0 Å². The van der Waals surface area contributed by atoms with Gasteiger partial charge in [-0.05, 0) is 37.7 Å². The highest BCUT2D eigenvalue weighted by Crippen LogP contribution is 2.18. The number of aromatic nitrogens is 1. The van der Waals surface area contributed by atoms with Gasteiger partial charge in [-0.15, -0.1) is 11.8 Å². The molecule has 0 radical (unpaired) electrons.